The molecule has 118 valence electrons. The first-order valence-corrected chi connectivity index (χ1v) is 7.86. The average Bonchev–Trinajstić information content (AvgIpc) is 2.56. The van der Waals surface area contributed by atoms with Crippen LogP contribution in [0.15, 0.2) is 73.1 Å². The van der Waals surface area contributed by atoms with E-state index in [9.17, 15) is 0 Å². The molecule has 1 fully saturated rings. The van der Waals surface area contributed by atoms with Crippen molar-refractivity contribution in [1.29, 1.82) is 0 Å². The van der Waals surface area contributed by atoms with Gasteiger partial charge in [-0.05, 0) is 37.0 Å². The number of allylic oxidation sites excluding steroid dienone is 6. The molecule has 0 N–H and O–H groups in total. The highest BCUT2D eigenvalue weighted by Gasteiger charge is 2.22. The Hall–Kier alpha value is -1.76. The summed E-state index contributed by atoms with van der Waals surface area (Å²) in [4.78, 5) is 0. The fourth-order valence-electron chi connectivity index (χ4n) is 1.92. The van der Waals surface area contributed by atoms with Gasteiger partial charge in [0.05, 0.1) is 0 Å². The van der Waals surface area contributed by atoms with Gasteiger partial charge in [-0.2, -0.15) is 0 Å². The summed E-state index contributed by atoms with van der Waals surface area (Å²) in [5.74, 6) is 0.913. The van der Waals surface area contributed by atoms with Crippen LogP contribution < -0.4 is 0 Å². The predicted octanol–water partition coefficient (Wildman–Crippen LogP) is 6.53. The molecular formula is C20H32O. The third-order valence-corrected chi connectivity index (χ3v) is 2.80. The summed E-state index contributed by atoms with van der Waals surface area (Å²) in [6, 6.07) is 0. The van der Waals surface area contributed by atoms with E-state index in [-0.39, 0.29) is 6.10 Å². The second kappa shape index (κ2) is 14.6. The first-order chi connectivity index (χ1) is 10.3. The summed E-state index contributed by atoms with van der Waals surface area (Å²) in [6.45, 7) is 21.3. The molecule has 0 bridgehead atoms. The van der Waals surface area contributed by atoms with E-state index >= 15 is 0 Å². The highest BCUT2D eigenvalue weighted by Crippen LogP contribution is 2.31. The Bertz CT molecular complexity index is 394. The number of ether oxygens (including phenoxy) is 1. The van der Waals surface area contributed by atoms with Crippen LogP contribution in [0.3, 0.4) is 0 Å². The zero-order valence-electron chi connectivity index (χ0n) is 14.5. The van der Waals surface area contributed by atoms with Gasteiger partial charge in [0, 0.05) is 0 Å². The Balaban J connectivity index is 0. The van der Waals surface area contributed by atoms with Gasteiger partial charge < -0.3 is 4.74 Å². The second-order valence-electron chi connectivity index (χ2n) is 3.83. The Morgan fingerprint density at radius 3 is 2.14 bits per heavy atom. The van der Waals surface area contributed by atoms with Gasteiger partial charge in [0.1, 0.15) is 11.9 Å². The molecule has 0 saturated carbocycles. The fourth-order valence-corrected chi connectivity index (χ4v) is 1.92. The zero-order chi connectivity index (χ0) is 16.7. The van der Waals surface area contributed by atoms with Gasteiger partial charge in [-0.3, -0.25) is 0 Å². The SMILES string of the molecule is C=C/C=C1/OC(/C(C=C)=C/C=C)CC/C1=C/C.CC.CC. The summed E-state index contributed by atoms with van der Waals surface area (Å²) < 4.78 is 5.97. The third-order valence-electron chi connectivity index (χ3n) is 2.80. The number of hydrogen-bond acceptors (Lipinski definition) is 1. The van der Waals surface area contributed by atoms with Gasteiger partial charge in [0.25, 0.3) is 0 Å². The van der Waals surface area contributed by atoms with Gasteiger partial charge in [-0.15, -0.1) is 0 Å². The maximum atomic E-state index is 5.97. The van der Waals surface area contributed by atoms with E-state index in [4.69, 9.17) is 4.74 Å². The molecule has 1 nitrogen and oxygen atoms in total. The van der Waals surface area contributed by atoms with Gasteiger partial charge in [0.15, 0.2) is 0 Å². The maximum absolute atomic E-state index is 5.97. The Labute approximate surface area is 132 Å². The van der Waals surface area contributed by atoms with Crippen LogP contribution in [0, 0.1) is 0 Å². The molecule has 21 heavy (non-hydrogen) atoms. The van der Waals surface area contributed by atoms with Crippen molar-refractivity contribution in [3.05, 3.63) is 73.1 Å². The van der Waals surface area contributed by atoms with E-state index in [0.717, 1.165) is 24.2 Å². The lowest BCUT2D eigenvalue weighted by molar-refractivity contribution is 0.126. The molecule has 1 heteroatoms. The molecule has 0 aromatic rings. The molecule has 1 unspecified atom stereocenters. The van der Waals surface area contributed by atoms with Crippen molar-refractivity contribution in [3.8, 4) is 0 Å². The lowest BCUT2D eigenvalue weighted by atomic mass is 9.96. The van der Waals surface area contributed by atoms with Gasteiger partial charge in [-0.1, -0.05) is 77.8 Å². The van der Waals surface area contributed by atoms with E-state index in [2.05, 4.69) is 25.8 Å². The minimum absolute atomic E-state index is 0.0698. The molecule has 1 atom stereocenters. The minimum atomic E-state index is 0.0698. The molecule has 0 aliphatic carbocycles. The van der Waals surface area contributed by atoms with E-state index in [1.165, 1.54) is 5.57 Å². The lowest BCUT2D eigenvalue weighted by Gasteiger charge is -2.28. The largest absolute Gasteiger partial charge is 0.485 e. The van der Waals surface area contributed by atoms with Gasteiger partial charge in [-0.25, -0.2) is 0 Å². The highest BCUT2D eigenvalue weighted by atomic mass is 16.5. The van der Waals surface area contributed by atoms with E-state index in [1.807, 2.05) is 52.8 Å². The van der Waals surface area contributed by atoms with Crippen molar-refractivity contribution >= 4 is 0 Å². The summed E-state index contributed by atoms with van der Waals surface area (Å²) in [6.07, 6.45) is 13.4. The molecule has 1 aliphatic rings. The van der Waals surface area contributed by atoms with Crippen LogP contribution in [0.2, 0.25) is 0 Å². The molecule has 1 rings (SSSR count). The fraction of sp³-hybridized carbons (Fsp3) is 0.400. The first kappa shape index (κ1) is 21.5. The summed E-state index contributed by atoms with van der Waals surface area (Å²) in [5, 5.41) is 0. The van der Waals surface area contributed by atoms with Crippen molar-refractivity contribution in [2.45, 2.75) is 53.6 Å². The van der Waals surface area contributed by atoms with Crippen LogP contribution in [-0.4, -0.2) is 6.10 Å². The molecule has 1 heterocycles. The van der Waals surface area contributed by atoms with E-state index < -0.39 is 0 Å². The molecule has 0 aromatic carbocycles. The molecule has 1 aliphatic heterocycles. The molecule has 1 saturated heterocycles. The minimum Gasteiger partial charge on any atom is -0.485 e. The Morgan fingerprint density at radius 1 is 1.10 bits per heavy atom. The van der Waals surface area contributed by atoms with E-state index in [1.54, 1.807) is 12.2 Å². The monoisotopic (exact) mass is 288 g/mol. The van der Waals surface area contributed by atoms with Crippen molar-refractivity contribution in [2.24, 2.45) is 0 Å². The van der Waals surface area contributed by atoms with Crippen molar-refractivity contribution in [3.63, 3.8) is 0 Å². The van der Waals surface area contributed by atoms with Gasteiger partial charge >= 0.3 is 0 Å². The van der Waals surface area contributed by atoms with Gasteiger partial charge in [0.2, 0.25) is 0 Å². The molecule has 0 radical (unpaired) electrons. The molecule has 0 amide bonds. The Kier molecular flexibility index (Phi) is 15.0. The van der Waals surface area contributed by atoms with Crippen LogP contribution >= 0.6 is 0 Å². The number of rotatable bonds is 4. The normalized spacial score (nSPS) is 21.2. The highest BCUT2D eigenvalue weighted by molar-refractivity contribution is 5.34. The molecule has 0 spiro atoms. The average molecular weight is 288 g/mol. The van der Waals surface area contributed by atoms with Crippen molar-refractivity contribution in [1.82, 2.24) is 0 Å². The first-order valence-electron chi connectivity index (χ1n) is 7.86. The van der Waals surface area contributed by atoms with Crippen LogP contribution in [0.4, 0.5) is 0 Å². The van der Waals surface area contributed by atoms with Crippen LogP contribution in [0.1, 0.15) is 47.5 Å². The smallest absolute Gasteiger partial charge is 0.124 e. The standard InChI is InChI=1S/C16H20O.2C2H6/c1-5-9-13(7-3)16-12-11-14(8-4)15(17-16)10-6-2;2*1-2/h5-10,16H,1-3,11-12H2,4H3;2*1-2H3/b13-9+,14-8-,15-10+;;. The number of hydrogen-bond donors (Lipinski definition) is 0. The summed E-state index contributed by atoms with van der Waals surface area (Å²) in [7, 11) is 0. The van der Waals surface area contributed by atoms with E-state index in [0.29, 0.717) is 0 Å². The van der Waals surface area contributed by atoms with Crippen LogP contribution in [0.5, 0.6) is 0 Å². The predicted molar refractivity (Wildman–Crippen MR) is 97.3 cm³/mol. The molecular weight excluding hydrogens is 256 g/mol. The lowest BCUT2D eigenvalue weighted by Crippen LogP contribution is -2.20. The molecule has 0 aromatic heterocycles. The topological polar surface area (TPSA) is 9.23 Å². The summed E-state index contributed by atoms with van der Waals surface area (Å²) in [5.41, 5.74) is 2.31. The van der Waals surface area contributed by atoms with Crippen molar-refractivity contribution < 1.29 is 4.74 Å². The summed E-state index contributed by atoms with van der Waals surface area (Å²) >= 11 is 0. The quantitative estimate of drug-likeness (QED) is 0.534. The third kappa shape index (κ3) is 7.55. The van der Waals surface area contributed by atoms with Crippen molar-refractivity contribution in [2.75, 3.05) is 0 Å². The van der Waals surface area contributed by atoms with Crippen LogP contribution in [0.25, 0.3) is 0 Å². The Morgan fingerprint density at radius 2 is 1.71 bits per heavy atom. The van der Waals surface area contributed by atoms with Crippen LogP contribution in [-0.2, 0) is 4.74 Å². The second-order valence-corrected chi connectivity index (χ2v) is 3.83. The maximum Gasteiger partial charge on any atom is 0.124 e. The zero-order valence-corrected chi connectivity index (χ0v) is 14.5.